The van der Waals surface area contributed by atoms with Gasteiger partial charge in [-0.1, -0.05) is 25.8 Å². The molecule has 0 fully saturated rings. The lowest BCUT2D eigenvalue weighted by molar-refractivity contribution is 0.0734. The zero-order valence-electron chi connectivity index (χ0n) is 17.8. The Bertz CT molecular complexity index is 1130. The molecule has 0 aromatic heterocycles. The van der Waals surface area contributed by atoms with Crippen molar-refractivity contribution in [3.63, 3.8) is 0 Å². The van der Waals surface area contributed by atoms with Crippen LogP contribution in [0.1, 0.15) is 47.7 Å². The number of phenols is 1. The third-order valence-corrected chi connectivity index (χ3v) is 4.65. The predicted molar refractivity (Wildman–Crippen MR) is 123 cm³/mol. The first-order valence-electron chi connectivity index (χ1n) is 10.4. The van der Waals surface area contributed by atoms with Crippen molar-refractivity contribution in [1.82, 2.24) is 0 Å². The van der Waals surface area contributed by atoms with Crippen LogP contribution in [0.2, 0.25) is 0 Å². The monoisotopic (exact) mass is 428 g/mol. The lowest BCUT2D eigenvalue weighted by Gasteiger charge is -2.08. The summed E-state index contributed by atoms with van der Waals surface area (Å²) in [5, 5.41) is 19.2. The molecule has 3 aromatic rings. The summed E-state index contributed by atoms with van der Waals surface area (Å²) >= 11 is 0. The number of esters is 1. The van der Waals surface area contributed by atoms with Gasteiger partial charge in [0.2, 0.25) is 0 Å². The van der Waals surface area contributed by atoms with Crippen molar-refractivity contribution in [2.24, 2.45) is 4.99 Å². The smallest absolute Gasteiger partial charge is 0.343 e. The van der Waals surface area contributed by atoms with Crippen molar-refractivity contribution < 1.29 is 19.4 Å². The Morgan fingerprint density at radius 1 is 1.06 bits per heavy atom. The molecule has 162 valence electrons. The predicted octanol–water partition coefficient (Wildman–Crippen LogP) is 5.80. The van der Waals surface area contributed by atoms with Gasteiger partial charge in [0.05, 0.1) is 29.5 Å². The van der Waals surface area contributed by atoms with Crippen molar-refractivity contribution >= 4 is 17.9 Å². The number of hydrogen-bond donors (Lipinski definition) is 1. The van der Waals surface area contributed by atoms with Crippen molar-refractivity contribution in [2.75, 3.05) is 6.61 Å². The molecule has 32 heavy (non-hydrogen) atoms. The first-order valence-corrected chi connectivity index (χ1v) is 10.4. The van der Waals surface area contributed by atoms with E-state index in [4.69, 9.17) is 14.7 Å². The molecule has 3 rings (SSSR count). The van der Waals surface area contributed by atoms with E-state index in [0.29, 0.717) is 34.7 Å². The van der Waals surface area contributed by atoms with Crippen LogP contribution in [0.15, 0.2) is 71.7 Å². The molecule has 0 aliphatic carbocycles. The zero-order chi connectivity index (χ0) is 22.8. The Hall–Kier alpha value is -4.11. The SMILES string of the molecule is CCCCCOc1ccc(C(=O)Oc2ccc(C=Nc3cccc(C#N)c3)c(O)c2)cc1. The van der Waals surface area contributed by atoms with Gasteiger partial charge in [0, 0.05) is 17.8 Å². The highest BCUT2D eigenvalue weighted by Crippen LogP contribution is 2.24. The number of phenolic OH excluding ortho intramolecular Hbond substituents is 1. The second-order valence-electron chi connectivity index (χ2n) is 7.11. The number of hydrogen-bond acceptors (Lipinski definition) is 6. The van der Waals surface area contributed by atoms with E-state index in [9.17, 15) is 9.90 Å². The van der Waals surface area contributed by atoms with Crippen LogP contribution in [0.5, 0.6) is 17.2 Å². The fourth-order valence-electron chi connectivity index (χ4n) is 2.89. The number of nitriles is 1. The second kappa shape index (κ2) is 11.3. The first kappa shape index (κ1) is 22.6. The van der Waals surface area contributed by atoms with Gasteiger partial charge in [-0.2, -0.15) is 5.26 Å². The molecule has 0 radical (unpaired) electrons. The Labute approximate surface area is 187 Å². The highest BCUT2D eigenvalue weighted by Gasteiger charge is 2.10. The van der Waals surface area contributed by atoms with Crippen LogP contribution in [-0.2, 0) is 0 Å². The van der Waals surface area contributed by atoms with Crippen LogP contribution < -0.4 is 9.47 Å². The van der Waals surface area contributed by atoms with E-state index in [1.54, 1.807) is 60.7 Å². The number of ether oxygens (including phenoxy) is 2. The Morgan fingerprint density at radius 2 is 1.84 bits per heavy atom. The number of nitrogens with zero attached hydrogens (tertiary/aromatic N) is 2. The van der Waals surface area contributed by atoms with Crippen LogP contribution in [0.4, 0.5) is 5.69 Å². The highest BCUT2D eigenvalue weighted by molar-refractivity contribution is 5.91. The maximum atomic E-state index is 12.4. The van der Waals surface area contributed by atoms with Gasteiger partial charge >= 0.3 is 5.97 Å². The van der Waals surface area contributed by atoms with Gasteiger partial charge in [0.15, 0.2) is 0 Å². The number of rotatable bonds is 9. The standard InChI is InChI=1S/C26H24N2O4/c1-2-3-4-14-31-23-11-8-20(9-12-23)26(30)32-24-13-10-21(25(29)16-24)18-28-22-7-5-6-19(15-22)17-27/h5-13,15-16,18,29H,2-4,14H2,1H3. The zero-order valence-corrected chi connectivity index (χ0v) is 17.8. The van der Waals surface area contributed by atoms with E-state index in [0.717, 1.165) is 19.3 Å². The van der Waals surface area contributed by atoms with Gasteiger partial charge in [-0.25, -0.2) is 4.79 Å². The molecule has 0 atom stereocenters. The minimum absolute atomic E-state index is 0.0775. The summed E-state index contributed by atoms with van der Waals surface area (Å²) in [7, 11) is 0. The van der Waals surface area contributed by atoms with Gasteiger partial charge < -0.3 is 14.6 Å². The van der Waals surface area contributed by atoms with Crippen LogP contribution in [-0.4, -0.2) is 23.9 Å². The minimum Gasteiger partial charge on any atom is -0.507 e. The third-order valence-electron chi connectivity index (χ3n) is 4.65. The average molecular weight is 428 g/mol. The largest absolute Gasteiger partial charge is 0.507 e. The Morgan fingerprint density at radius 3 is 2.56 bits per heavy atom. The summed E-state index contributed by atoms with van der Waals surface area (Å²) in [5.41, 5.74) is 1.93. The first-order chi connectivity index (χ1) is 15.6. The molecule has 0 aliphatic rings. The van der Waals surface area contributed by atoms with E-state index >= 15 is 0 Å². The van der Waals surface area contributed by atoms with Gasteiger partial charge in [-0.3, -0.25) is 4.99 Å². The summed E-state index contributed by atoms with van der Waals surface area (Å²) in [6.07, 6.45) is 4.73. The number of benzene rings is 3. The molecule has 0 saturated heterocycles. The second-order valence-corrected chi connectivity index (χ2v) is 7.11. The molecule has 0 aliphatic heterocycles. The van der Waals surface area contributed by atoms with Gasteiger partial charge in [0.1, 0.15) is 17.2 Å². The van der Waals surface area contributed by atoms with Crippen LogP contribution in [0.3, 0.4) is 0 Å². The molecule has 6 heteroatoms. The van der Waals surface area contributed by atoms with Crippen molar-refractivity contribution in [3.05, 3.63) is 83.4 Å². The molecular weight excluding hydrogens is 404 g/mol. The molecule has 0 bridgehead atoms. The normalized spacial score (nSPS) is 10.6. The minimum atomic E-state index is -0.531. The molecule has 0 spiro atoms. The van der Waals surface area contributed by atoms with Gasteiger partial charge in [-0.15, -0.1) is 0 Å². The van der Waals surface area contributed by atoms with E-state index in [1.165, 1.54) is 12.3 Å². The highest BCUT2D eigenvalue weighted by atomic mass is 16.5. The molecule has 1 N–H and O–H groups in total. The van der Waals surface area contributed by atoms with Crippen molar-refractivity contribution in [1.29, 1.82) is 5.26 Å². The van der Waals surface area contributed by atoms with Crippen LogP contribution >= 0.6 is 0 Å². The quantitative estimate of drug-likeness (QED) is 0.201. The lowest BCUT2D eigenvalue weighted by atomic mass is 10.2. The van der Waals surface area contributed by atoms with E-state index < -0.39 is 5.97 Å². The van der Waals surface area contributed by atoms with Crippen molar-refractivity contribution in [2.45, 2.75) is 26.2 Å². The molecule has 6 nitrogen and oxygen atoms in total. The number of carbonyl (C=O) groups excluding carboxylic acids is 1. The number of aliphatic imine (C=N–C) groups is 1. The summed E-state index contributed by atoms with van der Waals surface area (Å²) in [4.78, 5) is 16.7. The fraction of sp³-hybridized carbons (Fsp3) is 0.192. The molecule has 0 amide bonds. The summed E-state index contributed by atoms with van der Waals surface area (Å²) in [6.45, 7) is 2.79. The molecular formula is C26H24N2O4. The number of unbranched alkanes of at least 4 members (excludes halogenated alkanes) is 2. The van der Waals surface area contributed by atoms with Gasteiger partial charge in [0.25, 0.3) is 0 Å². The Balaban J connectivity index is 1.60. The Kier molecular flexibility index (Phi) is 7.99. The fourth-order valence-corrected chi connectivity index (χ4v) is 2.89. The molecule has 3 aromatic carbocycles. The maximum Gasteiger partial charge on any atom is 0.343 e. The molecule has 0 unspecified atom stereocenters. The van der Waals surface area contributed by atoms with Crippen LogP contribution in [0.25, 0.3) is 0 Å². The summed E-state index contributed by atoms with van der Waals surface area (Å²) in [6, 6.07) is 20.2. The molecule has 0 saturated carbocycles. The average Bonchev–Trinajstić information content (AvgIpc) is 2.82. The maximum absolute atomic E-state index is 12.4. The number of aromatic hydroxyl groups is 1. The van der Waals surface area contributed by atoms with Crippen LogP contribution in [0, 0.1) is 11.3 Å². The van der Waals surface area contributed by atoms with E-state index in [2.05, 4.69) is 18.0 Å². The lowest BCUT2D eigenvalue weighted by Crippen LogP contribution is -2.08. The summed E-state index contributed by atoms with van der Waals surface area (Å²) < 4.78 is 11.0. The van der Waals surface area contributed by atoms with E-state index in [-0.39, 0.29) is 11.5 Å². The van der Waals surface area contributed by atoms with Crippen molar-refractivity contribution in [3.8, 4) is 23.3 Å². The summed E-state index contributed by atoms with van der Waals surface area (Å²) in [5.74, 6) is 0.318. The third kappa shape index (κ3) is 6.44. The molecule has 0 heterocycles. The van der Waals surface area contributed by atoms with Gasteiger partial charge in [-0.05, 0) is 61.0 Å². The topological polar surface area (TPSA) is 91.9 Å². The number of carbonyl (C=O) groups is 1. The van der Waals surface area contributed by atoms with E-state index in [1.807, 2.05) is 0 Å².